The van der Waals surface area contributed by atoms with Gasteiger partial charge in [0, 0.05) is 0 Å². The molecule has 0 amide bonds. The molecule has 0 heteroatoms. The molecule has 0 atom stereocenters. The molecule has 0 saturated heterocycles. The van der Waals surface area contributed by atoms with Gasteiger partial charge in [-0.05, 0) is 117 Å². The topological polar surface area (TPSA) is 0 Å². The molecular formula is C50H32. The van der Waals surface area contributed by atoms with E-state index < -0.39 is 0 Å². The Kier molecular flexibility index (Phi) is 6.60. The fraction of sp³-hybridized carbons (Fsp3) is 0. The van der Waals surface area contributed by atoms with Crippen LogP contribution in [-0.4, -0.2) is 0 Å². The van der Waals surface area contributed by atoms with Crippen LogP contribution in [0.2, 0.25) is 0 Å². The maximum atomic E-state index is 2.38. The third kappa shape index (κ3) is 4.61. The fourth-order valence-electron chi connectivity index (χ4n) is 8.07. The fourth-order valence-corrected chi connectivity index (χ4v) is 8.07. The Balaban J connectivity index is 1.09. The van der Waals surface area contributed by atoms with Crippen molar-refractivity contribution in [3.63, 3.8) is 0 Å². The lowest BCUT2D eigenvalue weighted by atomic mass is 9.85. The largest absolute Gasteiger partial charge is 0.0622 e. The van der Waals surface area contributed by atoms with E-state index >= 15 is 0 Å². The summed E-state index contributed by atoms with van der Waals surface area (Å²) in [4.78, 5) is 0. The van der Waals surface area contributed by atoms with Crippen molar-refractivity contribution >= 4 is 53.9 Å². The third-order valence-corrected chi connectivity index (χ3v) is 10.4. The van der Waals surface area contributed by atoms with Gasteiger partial charge in [0.1, 0.15) is 0 Å². The van der Waals surface area contributed by atoms with Gasteiger partial charge in [0.2, 0.25) is 0 Å². The molecule has 0 aliphatic carbocycles. The van der Waals surface area contributed by atoms with Gasteiger partial charge >= 0.3 is 0 Å². The predicted octanol–water partition coefficient (Wildman–Crippen LogP) is 14.1. The highest BCUT2D eigenvalue weighted by molar-refractivity contribution is 6.22. The van der Waals surface area contributed by atoms with E-state index in [0.717, 1.165) is 0 Å². The van der Waals surface area contributed by atoms with Crippen molar-refractivity contribution in [3.8, 4) is 44.5 Å². The molecule has 0 aliphatic heterocycles. The zero-order chi connectivity index (χ0) is 33.0. The molecule has 0 fully saturated rings. The molecule has 0 nitrogen and oxygen atoms in total. The summed E-state index contributed by atoms with van der Waals surface area (Å²) in [7, 11) is 0. The number of hydrogen-bond donors (Lipinski definition) is 0. The Labute approximate surface area is 291 Å². The van der Waals surface area contributed by atoms with E-state index in [-0.39, 0.29) is 0 Å². The minimum Gasteiger partial charge on any atom is -0.0622 e. The normalized spacial score (nSPS) is 11.6. The summed E-state index contributed by atoms with van der Waals surface area (Å²) in [6.45, 7) is 0. The number of rotatable bonds is 4. The number of hydrogen-bond acceptors (Lipinski definition) is 0. The van der Waals surface area contributed by atoms with Crippen molar-refractivity contribution in [1.82, 2.24) is 0 Å². The average Bonchev–Trinajstić information content (AvgIpc) is 3.19. The lowest BCUT2D eigenvalue weighted by Crippen LogP contribution is -1.91. The van der Waals surface area contributed by atoms with Gasteiger partial charge in [-0.1, -0.05) is 176 Å². The van der Waals surface area contributed by atoms with Crippen molar-refractivity contribution in [2.45, 2.75) is 0 Å². The van der Waals surface area contributed by atoms with Gasteiger partial charge in [-0.15, -0.1) is 0 Å². The molecule has 0 aromatic heterocycles. The summed E-state index contributed by atoms with van der Waals surface area (Å²) in [6, 6.07) is 71.3. The third-order valence-electron chi connectivity index (χ3n) is 10.4. The van der Waals surface area contributed by atoms with E-state index in [2.05, 4.69) is 194 Å². The summed E-state index contributed by atoms with van der Waals surface area (Å²) >= 11 is 0. The molecule has 0 saturated carbocycles. The molecule has 10 aromatic rings. The summed E-state index contributed by atoms with van der Waals surface area (Å²) in [6.07, 6.45) is 0. The molecule has 10 rings (SSSR count). The molecular weight excluding hydrogens is 601 g/mol. The molecule has 0 aliphatic rings. The first kappa shape index (κ1) is 28.5. The van der Waals surface area contributed by atoms with E-state index in [1.165, 1.54) is 98.4 Å². The first-order chi connectivity index (χ1) is 24.8. The highest BCUT2D eigenvalue weighted by Crippen LogP contribution is 2.44. The minimum atomic E-state index is 1.22. The standard InChI is InChI=1S/C50H32/c1-2-12-36(13-3-1)49-44-18-8-10-20-46(44)50(47-21-11-9-19-45(47)49)39-29-25-34-24-28-37(30-40(34)31-39)33-22-26-35(27-23-33)48-32-38-14-4-5-15-41(38)42-16-6-7-17-43(42)48/h1-32H. The molecule has 10 aromatic carbocycles. The summed E-state index contributed by atoms with van der Waals surface area (Å²) in [5, 5.41) is 12.7. The van der Waals surface area contributed by atoms with Crippen LogP contribution in [0.15, 0.2) is 194 Å². The first-order valence-electron chi connectivity index (χ1n) is 17.3. The molecule has 50 heavy (non-hydrogen) atoms. The molecule has 0 heterocycles. The van der Waals surface area contributed by atoms with Crippen molar-refractivity contribution < 1.29 is 0 Å². The second kappa shape index (κ2) is 11.6. The number of fused-ring (bicyclic) bond motifs is 6. The minimum absolute atomic E-state index is 1.22. The van der Waals surface area contributed by atoms with Crippen molar-refractivity contribution in [2.75, 3.05) is 0 Å². The van der Waals surface area contributed by atoms with Crippen molar-refractivity contribution in [3.05, 3.63) is 194 Å². The van der Waals surface area contributed by atoms with Crippen molar-refractivity contribution in [2.24, 2.45) is 0 Å². The van der Waals surface area contributed by atoms with Crippen LogP contribution in [-0.2, 0) is 0 Å². The maximum Gasteiger partial charge on any atom is -0.00262 e. The van der Waals surface area contributed by atoms with Gasteiger partial charge < -0.3 is 0 Å². The van der Waals surface area contributed by atoms with Crippen LogP contribution in [0.3, 0.4) is 0 Å². The first-order valence-corrected chi connectivity index (χ1v) is 17.3. The Bertz CT molecular complexity index is 2840. The highest BCUT2D eigenvalue weighted by Gasteiger charge is 2.17. The van der Waals surface area contributed by atoms with Crippen LogP contribution in [0, 0.1) is 0 Å². The smallest absolute Gasteiger partial charge is 0.00262 e. The van der Waals surface area contributed by atoms with Gasteiger partial charge in [-0.2, -0.15) is 0 Å². The molecule has 0 bridgehead atoms. The Hall–Kier alpha value is -6.50. The van der Waals surface area contributed by atoms with E-state index in [0.29, 0.717) is 0 Å². The predicted molar refractivity (Wildman–Crippen MR) is 216 cm³/mol. The van der Waals surface area contributed by atoms with Gasteiger partial charge in [-0.3, -0.25) is 0 Å². The quantitative estimate of drug-likeness (QED) is 0.134. The Morgan fingerprint density at radius 2 is 0.660 bits per heavy atom. The summed E-state index contributed by atoms with van der Waals surface area (Å²) in [5.41, 5.74) is 10.0. The molecule has 0 unspecified atom stereocenters. The Morgan fingerprint density at radius 1 is 0.200 bits per heavy atom. The Morgan fingerprint density at radius 3 is 1.32 bits per heavy atom. The van der Waals surface area contributed by atoms with Crippen LogP contribution in [0.5, 0.6) is 0 Å². The van der Waals surface area contributed by atoms with E-state index in [1.807, 2.05) is 0 Å². The van der Waals surface area contributed by atoms with Gasteiger partial charge in [-0.25, -0.2) is 0 Å². The van der Waals surface area contributed by atoms with Crippen LogP contribution in [0.4, 0.5) is 0 Å². The monoisotopic (exact) mass is 632 g/mol. The maximum absolute atomic E-state index is 2.38. The van der Waals surface area contributed by atoms with Gasteiger partial charge in [0.05, 0.1) is 0 Å². The average molecular weight is 633 g/mol. The van der Waals surface area contributed by atoms with E-state index in [4.69, 9.17) is 0 Å². The highest BCUT2D eigenvalue weighted by atomic mass is 14.2. The lowest BCUT2D eigenvalue weighted by molar-refractivity contribution is 1.62. The zero-order valence-corrected chi connectivity index (χ0v) is 27.5. The van der Waals surface area contributed by atoms with Crippen LogP contribution < -0.4 is 0 Å². The summed E-state index contributed by atoms with van der Waals surface area (Å²) < 4.78 is 0. The second-order valence-corrected chi connectivity index (χ2v) is 13.3. The van der Waals surface area contributed by atoms with E-state index in [9.17, 15) is 0 Å². The molecule has 0 spiro atoms. The lowest BCUT2D eigenvalue weighted by Gasteiger charge is -2.18. The molecule has 232 valence electrons. The summed E-state index contributed by atoms with van der Waals surface area (Å²) in [5.74, 6) is 0. The van der Waals surface area contributed by atoms with Crippen molar-refractivity contribution in [1.29, 1.82) is 0 Å². The molecule has 0 N–H and O–H groups in total. The van der Waals surface area contributed by atoms with Gasteiger partial charge in [0.25, 0.3) is 0 Å². The zero-order valence-electron chi connectivity index (χ0n) is 27.5. The van der Waals surface area contributed by atoms with Crippen LogP contribution >= 0.6 is 0 Å². The van der Waals surface area contributed by atoms with Crippen LogP contribution in [0.25, 0.3) is 98.4 Å². The second-order valence-electron chi connectivity index (χ2n) is 13.3. The van der Waals surface area contributed by atoms with E-state index in [1.54, 1.807) is 0 Å². The van der Waals surface area contributed by atoms with Gasteiger partial charge in [0.15, 0.2) is 0 Å². The molecule has 0 radical (unpaired) electrons. The van der Waals surface area contributed by atoms with Crippen LogP contribution in [0.1, 0.15) is 0 Å². The number of benzene rings is 10. The SMILES string of the molecule is c1ccc(-c2c3ccccc3c(-c3ccc4ccc(-c5ccc(-c6cc7ccccc7c7ccccc67)cc5)cc4c3)c3ccccc23)cc1.